The van der Waals surface area contributed by atoms with Gasteiger partial charge in [-0.15, -0.1) is 0 Å². The number of amides is 2. The van der Waals surface area contributed by atoms with Crippen LogP contribution in [0.2, 0.25) is 5.02 Å². The number of nitrogens with zero attached hydrogens (tertiary/aromatic N) is 1. The molecule has 2 amide bonds. The van der Waals surface area contributed by atoms with Crippen molar-refractivity contribution in [3.05, 3.63) is 69.6 Å². The van der Waals surface area contributed by atoms with Crippen LogP contribution in [0.25, 0.3) is 0 Å². The summed E-state index contributed by atoms with van der Waals surface area (Å²) in [4.78, 5) is 38.0. The highest BCUT2D eigenvalue weighted by atomic mass is 35.5. The summed E-state index contributed by atoms with van der Waals surface area (Å²) in [5, 5.41) is 2.23. The van der Waals surface area contributed by atoms with E-state index in [1.807, 2.05) is 0 Å². The Bertz CT molecular complexity index is 1040. The fourth-order valence-corrected chi connectivity index (χ4v) is 2.99. The molecule has 0 radical (unpaired) electrons. The minimum Gasteiger partial charge on any atom is -0.459 e. The molecule has 6 nitrogen and oxygen atoms in total. The molecular weight excluding hydrogens is 422 g/mol. The van der Waals surface area contributed by atoms with Gasteiger partial charge in [-0.25, -0.2) is 14.1 Å². The van der Waals surface area contributed by atoms with E-state index in [1.165, 1.54) is 36.4 Å². The van der Waals surface area contributed by atoms with E-state index in [2.05, 4.69) is 5.32 Å². The lowest BCUT2D eigenvalue weighted by Gasteiger charge is -2.16. The number of hydrogen-bond donors (Lipinski definition) is 1. The van der Waals surface area contributed by atoms with Gasteiger partial charge in [-0.05, 0) is 56.3 Å². The first-order valence-electron chi connectivity index (χ1n) is 8.50. The molecule has 1 N–H and O–H groups in total. The average Bonchev–Trinajstić information content (AvgIpc) is 2.87. The highest BCUT2D eigenvalue weighted by molar-refractivity contribution is 6.53. The Morgan fingerprint density at radius 1 is 1.07 bits per heavy atom. The van der Waals surface area contributed by atoms with E-state index in [0.717, 1.165) is 11.0 Å². The third kappa shape index (κ3) is 4.26. The number of ether oxygens (including phenoxy) is 1. The number of anilines is 2. The molecule has 9 heteroatoms. The van der Waals surface area contributed by atoms with Crippen molar-refractivity contribution < 1.29 is 23.5 Å². The highest BCUT2D eigenvalue weighted by Gasteiger charge is 2.39. The standard InChI is InChI=1S/C20H15Cl2FN2O4/c1-10(2)29-20(28)11-3-6-13(7-4-11)25-18(26)16(22)17(19(25)27)24-12-5-8-15(23)14(21)9-12/h3-10,24H,1-2H3. The van der Waals surface area contributed by atoms with Crippen LogP contribution in [-0.4, -0.2) is 23.9 Å². The molecule has 0 aliphatic carbocycles. The molecule has 0 spiro atoms. The maximum absolute atomic E-state index is 13.3. The molecule has 0 fully saturated rings. The second-order valence-corrected chi connectivity index (χ2v) is 7.17. The lowest BCUT2D eigenvalue weighted by Crippen LogP contribution is -2.32. The number of nitrogens with one attached hydrogen (secondary N) is 1. The van der Waals surface area contributed by atoms with Crippen molar-refractivity contribution in [2.45, 2.75) is 20.0 Å². The van der Waals surface area contributed by atoms with Gasteiger partial charge >= 0.3 is 5.97 Å². The van der Waals surface area contributed by atoms with Crippen LogP contribution in [0.1, 0.15) is 24.2 Å². The first-order valence-corrected chi connectivity index (χ1v) is 9.26. The van der Waals surface area contributed by atoms with Gasteiger partial charge in [-0.3, -0.25) is 9.59 Å². The third-order valence-electron chi connectivity index (χ3n) is 3.92. The molecule has 1 aliphatic heterocycles. The van der Waals surface area contributed by atoms with Gasteiger partial charge in [0.05, 0.1) is 22.4 Å². The topological polar surface area (TPSA) is 75.7 Å². The van der Waals surface area contributed by atoms with E-state index < -0.39 is 23.6 Å². The van der Waals surface area contributed by atoms with E-state index >= 15 is 0 Å². The van der Waals surface area contributed by atoms with Gasteiger partial charge in [0, 0.05) is 5.69 Å². The largest absolute Gasteiger partial charge is 0.459 e. The lowest BCUT2D eigenvalue weighted by atomic mass is 10.2. The van der Waals surface area contributed by atoms with Crippen LogP contribution >= 0.6 is 23.2 Å². The maximum Gasteiger partial charge on any atom is 0.338 e. The number of rotatable bonds is 5. The summed E-state index contributed by atoms with van der Waals surface area (Å²) in [5.41, 5.74) is 0.634. The molecule has 0 aromatic heterocycles. The zero-order valence-electron chi connectivity index (χ0n) is 15.3. The van der Waals surface area contributed by atoms with Gasteiger partial charge in [0.15, 0.2) is 0 Å². The minimum atomic E-state index is -0.732. The highest BCUT2D eigenvalue weighted by Crippen LogP contribution is 2.31. The Morgan fingerprint density at radius 3 is 2.31 bits per heavy atom. The van der Waals surface area contributed by atoms with Crippen LogP contribution in [0.5, 0.6) is 0 Å². The molecule has 0 unspecified atom stereocenters. The van der Waals surface area contributed by atoms with Gasteiger partial charge < -0.3 is 10.1 Å². The SMILES string of the molecule is CC(C)OC(=O)c1ccc(N2C(=O)C(Cl)=C(Nc3ccc(F)c(Cl)c3)C2=O)cc1. The fourth-order valence-electron chi connectivity index (χ4n) is 2.59. The van der Waals surface area contributed by atoms with Gasteiger partial charge in [-0.2, -0.15) is 0 Å². The quantitative estimate of drug-likeness (QED) is 0.552. The smallest absolute Gasteiger partial charge is 0.338 e. The Morgan fingerprint density at radius 2 is 1.72 bits per heavy atom. The van der Waals surface area contributed by atoms with Crippen molar-refractivity contribution in [2.24, 2.45) is 0 Å². The van der Waals surface area contributed by atoms with Crippen molar-refractivity contribution in [3.8, 4) is 0 Å². The van der Waals surface area contributed by atoms with Gasteiger partial charge in [0.25, 0.3) is 11.8 Å². The van der Waals surface area contributed by atoms with Crippen molar-refractivity contribution in [3.63, 3.8) is 0 Å². The number of hydrogen-bond acceptors (Lipinski definition) is 5. The molecule has 0 bridgehead atoms. The normalized spacial score (nSPS) is 14.1. The van der Waals surface area contributed by atoms with E-state index in [1.54, 1.807) is 13.8 Å². The summed E-state index contributed by atoms with van der Waals surface area (Å²) >= 11 is 11.8. The first-order chi connectivity index (χ1) is 13.7. The first kappa shape index (κ1) is 20.8. The van der Waals surface area contributed by atoms with E-state index in [9.17, 15) is 18.8 Å². The molecule has 2 aromatic rings. The van der Waals surface area contributed by atoms with Crippen molar-refractivity contribution in [2.75, 3.05) is 10.2 Å². The molecule has 1 aliphatic rings. The number of halogens is 3. The molecule has 0 atom stereocenters. The second kappa shape index (κ2) is 8.23. The van der Waals surface area contributed by atoms with Crippen molar-refractivity contribution in [1.82, 2.24) is 0 Å². The van der Waals surface area contributed by atoms with Crippen LogP contribution in [0, 0.1) is 5.82 Å². The predicted molar refractivity (Wildman–Crippen MR) is 107 cm³/mol. The number of carbonyl (C=O) groups is 3. The Hall–Kier alpha value is -2.90. The lowest BCUT2D eigenvalue weighted by molar-refractivity contribution is -0.120. The van der Waals surface area contributed by atoms with Crippen molar-refractivity contribution in [1.29, 1.82) is 0 Å². The van der Waals surface area contributed by atoms with Crippen LogP contribution < -0.4 is 10.2 Å². The molecule has 0 saturated carbocycles. The summed E-state index contributed by atoms with van der Waals surface area (Å²) in [5.74, 6) is -2.57. The number of imide groups is 1. The second-order valence-electron chi connectivity index (χ2n) is 6.39. The Balaban J connectivity index is 1.82. The van der Waals surface area contributed by atoms with E-state index in [-0.39, 0.29) is 33.1 Å². The van der Waals surface area contributed by atoms with E-state index in [4.69, 9.17) is 27.9 Å². The number of esters is 1. The Kier molecular flexibility index (Phi) is 5.91. The molecular formula is C20H15Cl2FN2O4. The molecule has 0 saturated heterocycles. The summed E-state index contributed by atoms with van der Waals surface area (Å²) in [7, 11) is 0. The number of carbonyl (C=O) groups excluding carboxylic acids is 3. The van der Waals surface area contributed by atoms with Gasteiger partial charge in [-0.1, -0.05) is 23.2 Å². The average molecular weight is 437 g/mol. The van der Waals surface area contributed by atoms with Gasteiger partial charge in [0.1, 0.15) is 16.5 Å². The van der Waals surface area contributed by atoms with Crippen LogP contribution in [0.4, 0.5) is 15.8 Å². The zero-order valence-corrected chi connectivity index (χ0v) is 16.8. The summed E-state index contributed by atoms with van der Waals surface area (Å²) < 4.78 is 18.4. The summed E-state index contributed by atoms with van der Waals surface area (Å²) in [6.45, 7) is 3.45. The summed E-state index contributed by atoms with van der Waals surface area (Å²) in [6, 6.07) is 9.51. The van der Waals surface area contributed by atoms with Gasteiger partial charge in [0.2, 0.25) is 0 Å². The molecule has 2 aromatic carbocycles. The monoisotopic (exact) mass is 436 g/mol. The minimum absolute atomic E-state index is 0.149. The van der Waals surface area contributed by atoms with Crippen LogP contribution in [0.15, 0.2) is 53.2 Å². The van der Waals surface area contributed by atoms with Crippen LogP contribution in [0.3, 0.4) is 0 Å². The van der Waals surface area contributed by atoms with Crippen molar-refractivity contribution >= 4 is 52.4 Å². The molecule has 3 rings (SSSR count). The fraction of sp³-hybridized carbons (Fsp3) is 0.150. The number of benzene rings is 2. The van der Waals surface area contributed by atoms with Crippen LogP contribution in [-0.2, 0) is 14.3 Å². The molecule has 150 valence electrons. The maximum atomic E-state index is 13.3. The third-order valence-corrected chi connectivity index (χ3v) is 4.56. The van der Waals surface area contributed by atoms with E-state index in [0.29, 0.717) is 5.69 Å². The summed E-state index contributed by atoms with van der Waals surface area (Å²) in [6.07, 6.45) is -0.277. The predicted octanol–water partition coefficient (Wildman–Crippen LogP) is 4.48. The zero-order chi connectivity index (χ0) is 21.3. The Labute approximate surface area is 175 Å². The molecule has 29 heavy (non-hydrogen) atoms. The molecule has 1 heterocycles.